The van der Waals surface area contributed by atoms with E-state index in [1.165, 1.54) is 0 Å². The Morgan fingerprint density at radius 2 is 2.29 bits per heavy atom. The molecule has 0 bridgehead atoms. The highest BCUT2D eigenvalue weighted by Gasteiger charge is 2.25. The van der Waals surface area contributed by atoms with E-state index in [0.29, 0.717) is 24.7 Å². The maximum Gasteiger partial charge on any atom is 0.323 e. The highest BCUT2D eigenvalue weighted by molar-refractivity contribution is 9.10. The van der Waals surface area contributed by atoms with Crippen LogP contribution >= 0.6 is 15.9 Å². The van der Waals surface area contributed by atoms with Crippen LogP contribution in [0.3, 0.4) is 0 Å². The van der Waals surface area contributed by atoms with Gasteiger partial charge in [0.1, 0.15) is 17.3 Å². The Morgan fingerprint density at radius 1 is 1.43 bits per heavy atom. The lowest BCUT2D eigenvalue weighted by Gasteiger charge is -2.28. The molecular formula is C15H14BrN3O2. The number of aromatic nitrogens is 1. The third-order valence-electron chi connectivity index (χ3n) is 3.28. The summed E-state index contributed by atoms with van der Waals surface area (Å²) in [5.74, 6) is 2.01. The number of carbonyl (C=O) groups excluding carboxylic acids is 1. The van der Waals surface area contributed by atoms with Crippen LogP contribution in [0.2, 0.25) is 0 Å². The summed E-state index contributed by atoms with van der Waals surface area (Å²) in [6.07, 6.45) is 1.63. The van der Waals surface area contributed by atoms with Crippen LogP contribution in [-0.2, 0) is 6.54 Å². The molecule has 2 aromatic rings. The number of ether oxygens (including phenoxy) is 1. The minimum atomic E-state index is -0.128. The van der Waals surface area contributed by atoms with E-state index in [0.717, 1.165) is 15.8 Å². The second-order valence-electron chi connectivity index (χ2n) is 4.64. The van der Waals surface area contributed by atoms with Gasteiger partial charge in [0.25, 0.3) is 0 Å². The van der Waals surface area contributed by atoms with E-state index in [1.54, 1.807) is 11.1 Å². The number of rotatable bonds is 3. The molecule has 108 valence electrons. The van der Waals surface area contributed by atoms with E-state index in [2.05, 4.69) is 26.2 Å². The minimum Gasteiger partial charge on any atom is -0.457 e. The number of nitrogens with zero attached hydrogens (tertiary/aromatic N) is 2. The number of fused-ring (bicyclic) bond motifs is 1. The predicted molar refractivity (Wildman–Crippen MR) is 83.6 cm³/mol. The van der Waals surface area contributed by atoms with Crippen molar-refractivity contribution in [2.75, 3.05) is 11.9 Å². The molecule has 0 aliphatic carbocycles. The normalized spacial score (nSPS) is 13.6. The van der Waals surface area contributed by atoms with Crippen LogP contribution < -0.4 is 10.1 Å². The fraction of sp³-hybridized carbons (Fsp3) is 0.200. The largest absolute Gasteiger partial charge is 0.457 e. The number of amides is 2. The van der Waals surface area contributed by atoms with Crippen molar-refractivity contribution in [3.8, 4) is 11.5 Å². The van der Waals surface area contributed by atoms with E-state index in [9.17, 15) is 4.79 Å². The number of anilines is 1. The van der Waals surface area contributed by atoms with Gasteiger partial charge in [0, 0.05) is 17.2 Å². The summed E-state index contributed by atoms with van der Waals surface area (Å²) in [6, 6.07) is 9.31. The van der Waals surface area contributed by atoms with E-state index >= 15 is 0 Å². The van der Waals surface area contributed by atoms with Crippen molar-refractivity contribution in [1.82, 2.24) is 9.88 Å². The van der Waals surface area contributed by atoms with Gasteiger partial charge in [-0.3, -0.25) is 5.32 Å². The van der Waals surface area contributed by atoms with Gasteiger partial charge in [0.05, 0.1) is 12.1 Å². The molecule has 1 aliphatic heterocycles. The molecule has 0 saturated heterocycles. The zero-order valence-corrected chi connectivity index (χ0v) is 13.1. The highest BCUT2D eigenvalue weighted by atomic mass is 79.9. The molecule has 6 heteroatoms. The van der Waals surface area contributed by atoms with Gasteiger partial charge in [-0.05, 0) is 31.2 Å². The summed E-state index contributed by atoms with van der Waals surface area (Å²) in [6.45, 7) is 3.07. The van der Waals surface area contributed by atoms with Crippen LogP contribution in [0.5, 0.6) is 11.5 Å². The van der Waals surface area contributed by atoms with E-state index < -0.39 is 0 Å². The van der Waals surface area contributed by atoms with Crippen LogP contribution in [0.15, 0.2) is 41.0 Å². The zero-order chi connectivity index (χ0) is 14.8. The minimum absolute atomic E-state index is 0.128. The fourth-order valence-electron chi connectivity index (χ4n) is 2.19. The Kier molecular flexibility index (Phi) is 3.79. The summed E-state index contributed by atoms with van der Waals surface area (Å²) in [5.41, 5.74) is 0.888. The van der Waals surface area contributed by atoms with Gasteiger partial charge >= 0.3 is 6.03 Å². The Labute approximate surface area is 131 Å². The maximum atomic E-state index is 11.8. The molecule has 0 fully saturated rings. The Hall–Kier alpha value is -2.08. The van der Waals surface area contributed by atoms with E-state index in [1.807, 2.05) is 37.3 Å². The SMILES string of the molecule is CCN1Cc2c(Oc3cccc(Br)c3)ccnc2NC1=O. The first-order valence-corrected chi connectivity index (χ1v) is 7.44. The van der Waals surface area contributed by atoms with Gasteiger partial charge in [0.15, 0.2) is 0 Å². The number of hydrogen-bond donors (Lipinski definition) is 1. The number of pyridine rings is 1. The topological polar surface area (TPSA) is 54.5 Å². The van der Waals surface area contributed by atoms with Crippen molar-refractivity contribution in [3.05, 3.63) is 46.6 Å². The zero-order valence-electron chi connectivity index (χ0n) is 11.5. The van der Waals surface area contributed by atoms with Crippen molar-refractivity contribution in [3.63, 3.8) is 0 Å². The smallest absolute Gasteiger partial charge is 0.323 e. The predicted octanol–water partition coefficient (Wildman–Crippen LogP) is 4.00. The molecule has 1 aliphatic rings. The Balaban J connectivity index is 1.94. The van der Waals surface area contributed by atoms with E-state index in [4.69, 9.17) is 4.74 Å². The summed E-state index contributed by atoms with van der Waals surface area (Å²) < 4.78 is 6.89. The summed E-state index contributed by atoms with van der Waals surface area (Å²) in [4.78, 5) is 17.7. The third-order valence-corrected chi connectivity index (χ3v) is 3.77. The fourth-order valence-corrected chi connectivity index (χ4v) is 2.56. The third kappa shape index (κ3) is 2.85. The first-order chi connectivity index (χ1) is 10.2. The molecule has 5 nitrogen and oxygen atoms in total. The van der Waals surface area contributed by atoms with Crippen molar-refractivity contribution < 1.29 is 9.53 Å². The Bertz CT molecular complexity index is 690. The molecule has 3 rings (SSSR count). The average molecular weight is 348 g/mol. The average Bonchev–Trinajstić information content (AvgIpc) is 2.47. The first kappa shape index (κ1) is 13.9. The monoisotopic (exact) mass is 347 g/mol. The van der Waals surface area contributed by atoms with Crippen LogP contribution in [-0.4, -0.2) is 22.5 Å². The number of halogens is 1. The van der Waals surface area contributed by atoms with Gasteiger partial charge in [-0.25, -0.2) is 9.78 Å². The Morgan fingerprint density at radius 3 is 3.05 bits per heavy atom. The molecule has 0 saturated carbocycles. The lowest BCUT2D eigenvalue weighted by molar-refractivity contribution is 0.209. The number of urea groups is 1. The van der Waals surface area contributed by atoms with Crippen molar-refractivity contribution in [2.24, 2.45) is 0 Å². The van der Waals surface area contributed by atoms with Crippen LogP contribution in [0, 0.1) is 0 Å². The first-order valence-electron chi connectivity index (χ1n) is 6.64. The maximum absolute atomic E-state index is 11.8. The molecule has 1 aromatic carbocycles. The summed E-state index contributed by atoms with van der Waals surface area (Å²) in [7, 11) is 0. The van der Waals surface area contributed by atoms with Crippen LogP contribution in [0.25, 0.3) is 0 Å². The molecule has 0 radical (unpaired) electrons. The highest BCUT2D eigenvalue weighted by Crippen LogP contribution is 2.33. The number of nitrogens with one attached hydrogen (secondary N) is 1. The molecule has 0 atom stereocenters. The van der Waals surface area contributed by atoms with Crippen LogP contribution in [0.1, 0.15) is 12.5 Å². The lowest BCUT2D eigenvalue weighted by atomic mass is 10.2. The van der Waals surface area contributed by atoms with Gasteiger partial charge in [-0.1, -0.05) is 22.0 Å². The molecule has 1 aromatic heterocycles. The molecule has 0 unspecified atom stereocenters. The molecule has 2 heterocycles. The number of carbonyl (C=O) groups is 1. The molecule has 2 amide bonds. The number of hydrogen-bond acceptors (Lipinski definition) is 3. The molecular weight excluding hydrogens is 334 g/mol. The van der Waals surface area contributed by atoms with E-state index in [-0.39, 0.29) is 6.03 Å². The summed E-state index contributed by atoms with van der Waals surface area (Å²) in [5, 5.41) is 2.79. The second-order valence-corrected chi connectivity index (χ2v) is 5.56. The molecule has 1 N–H and O–H groups in total. The quantitative estimate of drug-likeness (QED) is 0.912. The standard InChI is InChI=1S/C15H14BrN3O2/c1-2-19-9-12-13(6-7-17-14(12)18-15(19)20)21-11-5-3-4-10(16)8-11/h3-8H,2,9H2,1H3,(H,17,18,20). The number of benzene rings is 1. The van der Waals surface area contributed by atoms with Gasteiger partial charge in [0.2, 0.25) is 0 Å². The van der Waals surface area contributed by atoms with Gasteiger partial charge in [-0.15, -0.1) is 0 Å². The second kappa shape index (κ2) is 5.73. The molecule has 0 spiro atoms. The van der Waals surface area contributed by atoms with Crippen LogP contribution in [0.4, 0.5) is 10.6 Å². The summed E-state index contributed by atoms with van der Waals surface area (Å²) >= 11 is 3.42. The van der Waals surface area contributed by atoms with Crippen molar-refractivity contribution in [1.29, 1.82) is 0 Å². The van der Waals surface area contributed by atoms with Crippen molar-refractivity contribution >= 4 is 27.8 Å². The van der Waals surface area contributed by atoms with Crippen molar-refractivity contribution in [2.45, 2.75) is 13.5 Å². The molecule has 21 heavy (non-hydrogen) atoms. The van der Waals surface area contributed by atoms with Gasteiger partial charge in [-0.2, -0.15) is 0 Å². The lowest BCUT2D eigenvalue weighted by Crippen LogP contribution is -2.38. The van der Waals surface area contributed by atoms with Gasteiger partial charge < -0.3 is 9.64 Å².